The minimum Gasteiger partial charge on any atom is -0.489 e. The van der Waals surface area contributed by atoms with Crippen molar-refractivity contribution in [3.63, 3.8) is 0 Å². The third-order valence-corrected chi connectivity index (χ3v) is 3.43. The summed E-state index contributed by atoms with van der Waals surface area (Å²) in [6.45, 7) is 8.78. The number of benzene rings is 1. The van der Waals surface area contributed by atoms with Crippen molar-refractivity contribution in [1.29, 1.82) is 0 Å². The van der Waals surface area contributed by atoms with E-state index >= 15 is 0 Å². The van der Waals surface area contributed by atoms with Crippen molar-refractivity contribution in [1.82, 2.24) is 10.2 Å². The van der Waals surface area contributed by atoms with Crippen molar-refractivity contribution in [3.8, 4) is 5.75 Å². The van der Waals surface area contributed by atoms with Gasteiger partial charge in [-0.3, -0.25) is 4.99 Å². The number of aliphatic hydroxyl groups is 1. The van der Waals surface area contributed by atoms with Crippen molar-refractivity contribution < 1.29 is 19.0 Å². The fourth-order valence-corrected chi connectivity index (χ4v) is 2.11. The Morgan fingerprint density at radius 1 is 1.30 bits per heavy atom. The molecule has 0 heterocycles. The second-order valence-electron chi connectivity index (χ2n) is 6.48. The average molecular weight is 497 g/mol. The molecule has 156 valence electrons. The second kappa shape index (κ2) is 14.9. The number of likely N-dealkylation sites (N-methyl/N-ethyl adjacent to an activating group) is 1. The fraction of sp³-hybridized carbons (Fsp3) is 0.632. The zero-order chi connectivity index (χ0) is 19.4. The van der Waals surface area contributed by atoms with E-state index in [9.17, 15) is 9.50 Å². The van der Waals surface area contributed by atoms with E-state index < -0.39 is 6.10 Å². The first-order valence-corrected chi connectivity index (χ1v) is 9.06. The Kier molecular flexibility index (Phi) is 14.2. The topological polar surface area (TPSA) is 66.3 Å². The number of guanidine groups is 1. The third kappa shape index (κ3) is 11.3. The standard InChI is InChI=1S/C19H32FN3O3.HI/c1-5-21-19(22-12-16(24)14-25-13-15(2)3)23(4)10-11-26-18-9-7-6-8-17(18)20;/h6-9,15-16,24H,5,10-14H2,1-4H3,(H,21,22);1H. The van der Waals surface area contributed by atoms with Gasteiger partial charge >= 0.3 is 0 Å². The van der Waals surface area contributed by atoms with E-state index in [4.69, 9.17) is 9.47 Å². The van der Waals surface area contributed by atoms with Gasteiger partial charge in [-0.25, -0.2) is 4.39 Å². The molecule has 0 aliphatic rings. The van der Waals surface area contributed by atoms with E-state index in [2.05, 4.69) is 24.2 Å². The summed E-state index contributed by atoms with van der Waals surface area (Å²) in [5, 5.41) is 13.1. The lowest BCUT2D eigenvalue weighted by molar-refractivity contribution is 0.0300. The van der Waals surface area contributed by atoms with E-state index in [-0.39, 0.29) is 48.7 Å². The van der Waals surface area contributed by atoms with Crippen LogP contribution in [0.3, 0.4) is 0 Å². The van der Waals surface area contributed by atoms with Crippen LogP contribution in [-0.4, -0.2) is 68.6 Å². The maximum Gasteiger partial charge on any atom is 0.193 e. The Bertz CT molecular complexity index is 547. The molecule has 1 atom stereocenters. The van der Waals surface area contributed by atoms with E-state index in [1.54, 1.807) is 18.2 Å². The Morgan fingerprint density at radius 3 is 2.63 bits per heavy atom. The highest BCUT2D eigenvalue weighted by Crippen LogP contribution is 2.14. The summed E-state index contributed by atoms with van der Waals surface area (Å²) >= 11 is 0. The van der Waals surface area contributed by atoms with E-state index in [0.717, 1.165) is 0 Å². The van der Waals surface area contributed by atoms with Crippen LogP contribution in [0.4, 0.5) is 4.39 Å². The van der Waals surface area contributed by atoms with Crippen LogP contribution >= 0.6 is 24.0 Å². The molecule has 0 spiro atoms. The summed E-state index contributed by atoms with van der Waals surface area (Å²) < 4.78 is 24.4. The Balaban J connectivity index is 0.00000676. The number of aliphatic hydroxyl groups excluding tert-OH is 1. The van der Waals surface area contributed by atoms with Gasteiger partial charge in [0.2, 0.25) is 0 Å². The predicted molar refractivity (Wildman–Crippen MR) is 118 cm³/mol. The summed E-state index contributed by atoms with van der Waals surface area (Å²) in [5.41, 5.74) is 0. The van der Waals surface area contributed by atoms with E-state index in [1.807, 2.05) is 18.9 Å². The first kappa shape index (κ1) is 25.9. The van der Waals surface area contributed by atoms with Crippen molar-refractivity contribution in [3.05, 3.63) is 30.1 Å². The summed E-state index contributed by atoms with van der Waals surface area (Å²) in [6, 6.07) is 6.33. The Morgan fingerprint density at radius 2 is 2.00 bits per heavy atom. The lowest BCUT2D eigenvalue weighted by atomic mass is 10.2. The SMILES string of the molecule is CCNC(=NCC(O)COCC(C)C)N(C)CCOc1ccccc1F.I. The molecule has 0 aromatic heterocycles. The van der Waals surface area contributed by atoms with Gasteiger partial charge in [0.15, 0.2) is 17.5 Å². The van der Waals surface area contributed by atoms with Crippen LogP contribution in [0.25, 0.3) is 0 Å². The number of hydrogen-bond acceptors (Lipinski definition) is 4. The number of nitrogens with one attached hydrogen (secondary N) is 1. The monoisotopic (exact) mass is 497 g/mol. The zero-order valence-corrected chi connectivity index (χ0v) is 19.0. The number of hydrogen-bond donors (Lipinski definition) is 2. The third-order valence-electron chi connectivity index (χ3n) is 3.43. The van der Waals surface area contributed by atoms with Crippen molar-refractivity contribution in [2.75, 3.05) is 46.5 Å². The molecule has 1 aromatic rings. The number of para-hydroxylation sites is 1. The van der Waals surface area contributed by atoms with Crippen LogP contribution in [0.15, 0.2) is 29.3 Å². The molecule has 8 heteroatoms. The summed E-state index contributed by atoms with van der Waals surface area (Å²) in [4.78, 5) is 6.31. The van der Waals surface area contributed by atoms with Gasteiger partial charge in [0.05, 0.1) is 25.8 Å². The molecule has 0 fully saturated rings. The molecule has 0 radical (unpaired) electrons. The number of rotatable bonds is 11. The van der Waals surface area contributed by atoms with Gasteiger partial charge < -0.3 is 24.8 Å². The molecule has 6 nitrogen and oxygen atoms in total. The first-order chi connectivity index (χ1) is 12.4. The second-order valence-corrected chi connectivity index (χ2v) is 6.48. The normalized spacial score (nSPS) is 12.5. The maximum absolute atomic E-state index is 13.5. The molecule has 2 N–H and O–H groups in total. The van der Waals surface area contributed by atoms with Crippen molar-refractivity contribution in [2.45, 2.75) is 26.9 Å². The predicted octanol–water partition coefficient (Wildman–Crippen LogP) is 2.75. The summed E-state index contributed by atoms with van der Waals surface area (Å²) in [6.07, 6.45) is -0.648. The van der Waals surface area contributed by atoms with Gasteiger partial charge in [0.25, 0.3) is 0 Å². The van der Waals surface area contributed by atoms with E-state index in [1.165, 1.54) is 6.07 Å². The van der Waals surface area contributed by atoms with Crippen LogP contribution in [0, 0.1) is 11.7 Å². The molecule has 0 bridgehead atoms. The molecule has 1 unspecified atom stereocenters. The smallest absolute Gasteiger partial charge is 0.193 e. The highest BCUT2D eigenvalue weighted by molar-refractivity contribution is 14.0. The number of ether oxygens (including phenoxy) is 2. The van der Waals surface area contributed by atoms with Crippen LogP contribution in [0.2, 0.25) is 0 Å². The average Bonchev–Trinajstić information content (AvgIpc) is 2.59. The molecular weight excluding hydrogens is 464 g/mol. The minimum absolute atomic E-state index is 0. The number of aliphatic imine (C=N–C) groups is 1. The molecule has 0 aliphatic carbocycles. The van der Waals surface area contributed by atoms with Crippen molar-refractivity contribution in [2.24, 2.45) is 10.9 Å². The Hall–Kier alpha value is -1.13. The quantitative estimate of drug-likeness (QED) is 0.280. The van der Waals surface area contributed by atoms with Crippen LogP contribution < -0.4 is 10.1 Å². The van der Waals surface area contributed by atoms with E-state index in [0.29, 0.717) is 38.2 Å². The molecule has 0 aliphatic heterocycles. The van der Waals surface area contributed by atoms with Gasteiger partial charge in [-0.15, -0.1) is 24.0 Å². The molecule has 0 amide bonds. The molecule has 1 aromatic carbocycles. The van der Waals surface area contributed by atoms with Crippen LogP contribution in [-0.2, 0) is 4.74 Å². The number of halogens is 2. The maximum atomic E-state index is 13.5. The summed E-state index contributed by atoms with van der Waals surface area (Å²) in [5.74, 6) is 0.956. The van der Waals surface area contributed by atoms with Gasteiger partial charge in [-0.1, -0.05) is 26.0 Å². The van der Waals surface area contributed by atoms with Crippen molar-refractivity contribution >= 4 is 29.9 Å². The highest BCUT2D eigenvalue weighted by Gasteiger charge is 2.09. The molecule has 1 rings (SSSR count). The molecule has 0 saturated carbocycles. The highest BCUT2D eigenvalue weighted by atomic mass is 127. The first-order valence-electron chi connectivity index (χ1n) is 9.06. The van der Waals surface area contributed by atoms with Crippen LogP contribution in [0.1, 0.15) is 20.8 Å². The molecule has 27 heavy (non-hydrogen) atoms. The lowest BCUT2D eigenvalue weighted by Gasteiger charge is -2.22. The van der Waals surface area contributed by atoms with Crippen LogP contribution in [0.5, 0.6) is 5.75 Å². The van der Waals surface area contributed by atoms with Gasteiger partial charge in [-0.05, 0) is 25.0 Å². The largest absolute Gasteiger partial charge is 0.489 e. The molecule has 0 saturated heterocycles. The fourth-order valence-electron chi connectivity index (χ4n) is 2.11. The number of nitrogens with zero attached hydrogens (tertiary/aromatic N) is 2. The lowest BCUT2D eigenvalue weighted by Crippen LogP contribution is -2.41. The zero-order valence-electron chi connectivity index (χ0n) is 16.7. The minimum atomic E-state index is -0.648. The van der Waals surface area contributed by atoms with Gasteiger partial charge in [0.1, 0.15) is 6.61 Å². The van der Waals surface area contributed by atoms with Gasteiger partial charge in [0, 0.05) is 20.2 Å². The summed E-state index contributed by atoms with van der Waals surface area (Å²) in [7, 11) is 1.87. The van der Waals surface area contributed by atoms with Gasteiger partial charge in [-0.2, -0.15) is 0 Å². The molecular formula is C19H33FIN3O3. The Labute approximate surface area is 179 Å².